The normalized spacial score (nSPS) is 20.6. The number of β-amino-alcohol motifs (C(OH)–C–C–N with tert-alkyl or cyclic N) is 1. The Balaban J connectivity index is 1.74. The van der Waals surface area contributed by atoms with E-state index in [4.69, 9.17) is 15.2 Å². The lowest BCUT2D eigenvalue weighted by atomic mass is 10.1. The maximum absolute atomic E-state index is 10.1. The smallest absolute Gasteiger partial charge is 0.123 e. The molecular weight excluding hydrogens is 268 g/mol. The molecule has 1 aliphatic rings. The van der Waals surface area contributed by atoms with Gasteiger partial charge < -0.3 is 25.2 Å². The van der Waals surface area contributed by atoms with Crippen molar-refractivity contribution in [2.24, 2.45) is 11.7 Å². The lowest BCUT2D eigenvalue weighted by molar-refractivity contribution is 0.0720. The molecule has 0 bridgehead atoms. The van der Waals surface area contributed by atoms with E-state index in [0.717, 1.165) is 37.4 Å². The maximum Gasteiger partial charge on any atom is 0.123 e. The van der Waals surface area contributed by atoms with Gasteiger partial charge >= 0.3 is 0 Å². The Morgan fingerprint density at radius 1 is 1.43 bits per heavy atom. The minimum Gasteiger partial charge on any atom is -0.491 e. The molecule has 0 amide bonds. The third kappa shape index (κ3) is 4.97. The number of nitrogens with zero attached hydrogens (tertiary/aromatic N) is 1. The summed E-state index contributed by atoms with van der Waals surface area (Å²) in [5.41, 5.74) is 6.63. The first-order valence-electron chi connectivity index (χ1n) is 7.53. The van der Waals surface area contributed by atoms with E-state index in [-0.39, 0.29) is 0 Å². The minimum atomic E-state index is -0.489. The van der Waals surface area contributed by atoms with Gasteiger partial charge in [0.15, 0.2) is 0 Å². The molecule has 1 saturated heterocycles. The van der Waals surface area contributed by atoms with Crippen molar-refractivity contribution in [3.05, 3.63) is 29.8 Å². The van der Waals surface area contributed by atoms with Gasteiger partial charge in [-0.1, -0.05) is 18.2 Å². The molecule has 2 unspecified atom stereocenters. The second-order valence-corrected chi connectivity index (χ2v) is 5.65. The van der Waals surface area contributed by atoms with Crippen LogP contribution in [0, 0.1) is 5.92 Å². The van der Waals surface area contributed by atoms with Gasteiger partial charge in [0, 0.05) is 32.3 Å². The van der Waals surface area contributed by atoms with Crippen molar-refractivity contribution in [1.82, 2.24) is 4.90 Å². The summed E-state index contributed by atoms with van der Waals surface area (Å²) in [6.45, 7) is 4.19. The van der Waals surface area contributed by atoms with Crippen LogP contribution < -0.4 is 10.5 Å². The second-order valence-electron chi connectivity index (χ2n) is 5.65. The number of benzene rings is 1. The molecule has 5 nitrogen and oxygen atoms in total. The van der Waals surface area contributed by atoms with Crippen LogP contribution in [-0.2, 0) is 11.3 Å². The van der Waals surface area contributed by atoms with E-state index in [9.17, 15) is 5.11 Å². The predicted octanol–water partition coefficient (Wildman–Crippen LogP) is 0.853. The fraction of sp³-hybridized carbons (Fsp3) is 0.625. The topological polar surface area (TPSA) is 68.0 Å². The molecule has 1 aliphatic heterocycles. The predicted molar refractivity (Wildman–Crippen MR) is 82.3 cm³/mol. The Kier molecular flexibility index (Phi) is 6.45. The molecule has 2 atom stereocenters. The zero-order valence-electron chi connectivity index (χ0n) is 12.7. The van der Waals surface area contributed by atoms with Crippen LogP contribution in [0.3, 0.4) is 0 Å². The third-order valence-electron chi connectivity index (χ3n) is 3.87. The van der Waals surface area contributed by atoms with Crippen LogP contribution in [-0.4, -0.2) is 56.1 Å². The van der Waals surface area contributed by atoms with Crippen molar-refractivity contribution in [2.75, 3.05) is 40.0 Å². The first kappa shape index (κ1) is 16.2. The van der Waals surface area contributed by atoms with Crippen molar-refractivity contribution < 1.29 is 14.6 Å². The van der Waals surface area contributed by atoms with Gasteiger partial charge in [-0.15, -0.1) is 0 Å². The van der Waals surface area contributed by atoms with Crippen molar-refractivity contribution in [3.8, 4) is 5.75 Å². The zero-order chi connectivity index (χ0) is 15.1. The van der Waals surface area contributed by atoms with Crippen molar-refractivity contribution in [1.29, 1.82) is 0 Å². The van der Waals surface area contributed by atoms with Gasteiger partial charge in [0.2, 0.25) is 0 Å². The average molecular weight is 294 g/mol. The van der Waals surface area contributed by atoms with Gasteiger partial charge in [0.25, 0.3) is 0 Å². The highest BCUT2D eigenvalue weighted by atomic mass is 16.5. The third-order valence-corrected chi connectivity index (χ3v) is 3.87. The molecule has 1 heterocycles. The van der Waals surface area contributed by atoms with Crippen LogP contribution >= 0.6 is 0 Å². The number of nitrogens with two attached hydrogens (primary N) is 1. The summed E-state index contributed by atoms with van der Waals surface area (Å²) >= 11 is 0. The van der Waals surface area contributed by atoms with E-state index in [2.05, 4.69) is 4.90 Å². The Bertz CT molecular complexity index is 428. The van der Waals surface area contributed by atoms with Gasteiger partial charge in [0.05, 0.1) is 6.61 Å². The average Bonchev–Trinajstić information content (AvgIpc) is 2.93. The summed E-state index contributed by atoms with van der Waals surface area (Å²) in [6.07, 6.45) is 0.648. The number of ether oxygens (including phenoxy) is 2. The van der Waals surface area contributed by atoms with Crippen LogP contribution in [0.15, 0.2) is 24.3 Å². The van der Waals surface area contributed by atoms with Crippen LogP contribution in [0.2, 0.25) is 0 Å². The highest BCUT2D eigenvalue weighted by Gasteiger charge is 2.24. The largest absolute Gasteiger partial charge is 0.491 e. The number of aliphatic hydroxyl groups excluding tert-OH is 1. The number of aliphatic hydroxyl groups is 1. The fourth-order valence-electron chi connectivity index (χ4n) is 2.80. The molecule has 21 heavy (non-hydrogen) atoms. The number of hydrogen-bond acceptors (Lipinski definition) is 5. The summed E-state index contributed by atoms with van der Waals surface area (Å²) in [7, 11) is 1.74. The first-order chi connectivity index (χ1) is 10.2. The molecule has 0 saturated carbocycles. The molecule has 1 aromatic rings. The summed E-state index contributed by atoms with van der Waals surface area (Å²) < 4.78 is 10.9. The quantitative estimate of drug-likeness (QED) is 0.744. The maximum atomic E-state index is 10.1. The van der Waals surface area contributed by atoms with Crippen LogP contribution in [0.5, 0.6) is 5.75 Å². The highest BCUT2D eigenvalue weighted by Crippen LogP contribution is 2.19. The van der Waals surface area contributed by atoms with Gasteiger partial charge in [-0.25, -0.2) is 0 Å². The first-order valence-corrected chi connectivity index (χ1v) is 7.53. The molecular formula is C16H26N2O3. The summed E-state index contributed by atoms with van der Waals surface area (Å²) in [4.78, 5) is 2.27. The van der Waals surface area contributed by atoms with Gasteiger partial charge in [-0.2, -0.15) is 0 Å². The van der Waals surface area contributed by atoms with Gasteiger partial charge in [-0.05, 0) is 24.9 Å². The highest BCUT2D eigenvalue weighted by molar-refractivity contribution is 5.32. The SMILES string of the molecule is COCC1CCN(CC(O)COc2ccccc2CN)C1. The summed E-state index contributed by atoms with van der Waals surface area (Å²) in [5, 5.41) is 10.1. The Hall–Kier alpha value is -1.14. The summed E-state index contributed by atoms with van der Waals surface area (Å²) in [6, 6.07) is 7.68. The number of rotatable bonds is 8. The van der Waals surface area contributed by atoms with E-state index in [1.165, 1.54) is 0 Å². The van der Waals surface area contributed by atoms with Gasteiger partial charge in [-0.3, -0.25) is 0 Å². The van der Waals surface area contributed by atoms with Crippen molar-refractivity contribution >= 4 is 0 Å². The van der Waals surface area contributed by atoms with E-state index in [0.29, 0.717) is 25.6 Å². The van der Waals surface area contributed by atoms with Gasteiger partial charge in [0.1, 0.15) is 18.5 Å². The molecule has 2 rings (SSSR count). The molecule has 0 aromatic heterocycles. The number of hydrogen-bond donors (Lipinski definition) is 2. The molecule has 5 heteroatoms. The lowest BCUT2D eigenvalue weighted by Crippen LogP contribution is -2.34. The number of methoxy groups -OCH3 is 1. The molecule has 3 N–H and O–H groups in total. The second kappa shape index (κ2) is 8.34. The van der Waals surface area contributed by atoms with Crippen molar-refractivity contribution in [2.45, 2.75) is 19.1 Å². The van der Waals surface area contributed by atoms with E-state index in [1.807, 2.05) is 24.3 Å². The van der Waals surface area contributed by atoms with E-state index >= 15 is 0 Å². The van der Waals surface area contributed by atoms with Crippen LogP contribution in [0.1, 0.15) is 12.0 Å². The molecule has 1 fully saturated rings. The number of para-hydroxylation sites is 1. The molecule has 1 aromatic carbocycles. The standard InChI is InChI=1S/C16H26N2O3/c1-20-11-13-6-7-18(9-13)10-15(19)12-21-16-5-3-2-4-14(16)8-17/h2-5,13,15,19H,6-12,17H2,1H3. The fourth-order valence-corrected chi connectivity index (χ4v) is 2.80. The van der Waals surface area contributed by atoms with E-state index in [1.54, 1.807) is 7.11 Å². The molecule has 0 radical (unpaired) electrons. The monoisotopic (exact) mass is 294 g/mol. The van der Waals surface area contributed by atoms with Crippen molar-refractivity contribution in [3.63, 3.8) is 0 Å². The zero-order valence-corrected chi connectivity index (χ0v) is 12.7. The van der Waals surface area contributed by atoms with E-state index < -0.39 is 6.10 Å². The molecule has 0 spiro atoms. The summed E-state index contributed by atoms with van der Waals surface area (Å²) in [5.74, 6) is 1.35. The van der Waals surface area contributed by atoms with Crippen LogP contribution in [0.4, 0.5) is 0 Å². The van der Waals surface area contributed by atoms with Crippen LogP contribution in [0.25, 0.3) is 0 Å². The Morgan fingerprint density at radius 3 is 3.00 bits per heavy atom. The Labute approximate surface area is 126 Å². The lowest BCUT2D eigenvalue weighted by Gasteiger charge is -2.21. The minimum absolute atomic E-state index is 0.294. The Morgan fingerprint density at radius 2 is 2.24 bits per heavy atom. The number of likely N-dealkylation sites (tertiary alicyclic amines) is 1. The molecule has 0 aliphatic carbocycles. The molecule has 118 valence electrons.